The van der Waals surface area contributed by atoms with Crippen molar-refractivity contribution in [2.45, 2.75) is 18.9 Å². The van der Waals surface area contributed by atoms with E-state index in [9.17, 15) is 0 Å². The Hall–Kier alpha value is -1.26. The normalized spacial score (nSPS) is 20.2. The molecule has 1 atom stereocenters. The van der Waals surface area contributed by atoms with Crippen LogP contribution in [0.15, 0.2) is 41.4 Å². The predicted molar refractivity (Wildman–Crippen MR) is 83.4 cm³/mol. The molecule has 3 nitrogen and oxygen atoms in total. The van der Waals surface area contributed by atoms with Gasteiger partial charge in [0.2, 0.25) is 0 Å². The molecule has 1 aromatic rings. The van der Waals surface area contributed by atoms with Crippen molar-refractivity contribution in [1.29, 1.82) is 0 Å². The van der Waals surface area contributed by atoms with E-state index >= 15 is 0 Å². The third-order valence-corrected chi connectivity index (χ3v) is 3.70. The lowest BCUT2D eigenvalue weighted by molar-refractivity contribution is 0.118. The van der Waals surface area contributed by atoms with E-state index in [0.29, 0.717) is 11.7 Å². The number of hydrogen-bond donors (Lipinski definition) is 1. The van der Waals surface area contributed by atoms with Crippen molar-refractivity contribution < 1.29 is 4.74 Å². The second kappa shape index (κ2) is 8.02. The maximum absolute atomic E-state index is 5.85. The molecule has 19 heavy (non-hydrogen) atoms. The number of aliphatic imine (C=N–C) groups is 1. The molecule has 1 fully saturated rings. The molecular weight excluding hydrogens is 256 g/mol. The molecule has 0 saturated carbocycles. The Labute approximate surface area is 118 Å². The van der Waals surface area contributed by atoms with E-state index in [-0.39, 0.29) is 6.10 Å². The van der Waals surface area contributed by atoms with E-state index in [2.05, 4.69) is 29.3 Å². The van der Waals surface area contributed by atoms with Gasteiger partial charge in [0.15, 0.2) is 5.17 Å². The van der Waals surface area contributed by atoms with E-state index in [1.165, 1.54) is 5.56 Å². The van der Waals surface area contributed by atoms with Gasteiger partial charge in [-0.15, -0.1) is 0 Å². The van der Waals surface area contributed by atoms with Gasteiger partial charge in [0.05, 0.1) is 12.6 Å². The molecule has 0 radical (unpaired) electrons. The van der Waals surface area contributed by atoms with Crippen molar-refractivity contribution in [3.8, 4) is 0 Å². The SMILES string of the molecule is NC(=NC[C@@H]1CCCO1)SC/C=C\c1ccccc1. The van der Waals surface area contributed by atoms with Gasteiger partial charge in [-0.1, -0.05) is 54.2 Å². The molecule has 2 N–H and O–H groups in total. The Morgan fingerprint density at radius 1 is 1.42 bits per heavy atom. The summed E-state index contributed by atoms with van der Waals surface area (Å²) in [5.74, 6) is 0.843. The molecule has 0 unspecified atom stereocenters. The van der Waals surface area contributed by atoms with Crippen molar-refractivity contribution in [3.05, 3.63) is 42.0 Å². The number of rotatable bonds is 5. The fourth-order valence-electron chi connectivity index (χ4n) is 1.91. The van der Waals surface area contributed by atoms with Crippen LogP contribution in [0.1, 0.15) is 18.4 Å². The lowest BCUT2D eigenvalue weighted by atomic mass is 10.2. The second-order valence-electron chi connectivity index (χ2n) is 4.44. The minimum atomic E-state index is 0.277. The van der Waals surface area contributed by atoms with Crippen LogP contribution in [-0.4, -0.2) is 30.2 Å². The smallest absolute Gasteiger partial charge is 0.154 e. The first-order chi connectivity index (χ1) is 9.34. The molecule has 2 rings (SSSR count). The highest BCUT2D eigenvalue weighted by Crippen LogP contribution is 2.12. The molecule has 0 bridgehead atoms. The van der Waals surface area contributed by atoms with Crippen LogP contribution in [0.5, 0.6) is 0 Å². The average molecular weight is 276 g/mol. The van der Waals surface area contributed by atoms with E-state index in [1.807, 2.05) is 18.2 Å². The number of benzene rings is 1. The molecule has 1 aromatic carbocycles. The van der Waals surface area contributed by atoms with Crippen molar-refractivity contribution in [3.63, 3.8) is 0 Å². The fraction of sp³-hybridized carbons (Fsp3) is 0.400. The summed E-state index contributed by atoms with van der Waals surface area (Å²) in [4.78, 5) is 4.35. The van der Waals surface area contributed by atoms with Crippen LogP contribution in [0.2, 0.25) is 0 Å². The Morgan fingerprint density at radius 3 is 3.00 bits per heavy atom. The van der Waals surface area contributed by atoms with Crippen LogP contribution in [-0.2, 0) is 4.74 Å². The van der Waals surface area contributed by atoms with Gasteiger partial charge in [0, 0.05) is 12.4 Å². The number of ether oxygens (including phenoxy) is 1. The van der Waals surface area contributed by atoms with Crippen LogP contribution < -0.4 is 5.73 Å². The van der Waals surface area contributed by atoms with Gasteiger partial charge in [0.25, 0.3) is 0 Å². The first-order valence-electron chi connectivity index (χ1n) is 6.60. The summed E-state index contributed by atoms with van der Waals surface area (Å²) in [7, 11) is 0. The molecular formula is C15H20N2OS. The van der Waals surface area contributed by atoms with Crippen molar-refractivity contribution >= 4 is 23.0 Å². The van der Waals surface area contributed by atoms with E-state index < -0.39 is 0 Å². The van der Waals surface area contributed by atoms with Crippen LogP contribution in [0, 0.1) is 0 Å². The zero-order chi connectivity index (χ0) is 13.3. The lowest BCUT2D eigenvalue weighted by Gasteiger charge is -2.05. The van der Waals surface area contributed by atoms with Crippen LogP contribution in [0.25, 0.3) is 6.08 Å². The van der Waals surface area contributed by atoms with Gasteiger partial charge in [0.1, 0.15) is 0 Å². The van der Waals surface area contributed by atoms with Gasteiger partial charge < -0.3 is 10.5 Å². The molecule has 1 aliphatic heterocycles. The van der Waals surface area contributed by atoms with Gasteiger partial charge >= 0.3 is 0 Å². The number of hydrogen-bond acceptors (Lipinski definition) is 3. The van der Waals surface area contributed by atoms with Crippen LogP contribution >= 0.6 is 11.8 Å². The average Bonchev–Trinajstić information content (AvgIpc) is 2.96. The first-order valence-corrected chi connectivity index (χ1v) is 7.59. The third-order valence-electron chi connectivity index (χ3n) is 2.91. The monoisotopic (exact) mass is 276 g/mol. The summed E-state index contributed by atoms with van der Waals surface area (Å²) in [5.41, 5.74) is 7.06. The molecule has 4 heteroatoms. The number of thioether (sulfide) groups is 1. The maximum atomic E-state index is 5.85. The zero-order valence-electron chi connectivity index (χ0n) is 11.0. The molecule has 1 aliphatic rings. The largest absolute Gasteiger partial charge is 0.379 e. The topological polar surface area (TPSA) is 47.6 Å². The Kier molecular flexibility index (Phi) is 5.98. The summed E-state index contributed by atoms with van der Waals surface area (Å²) in [6.45, 7) is 1.56. The van der Waals surface area contributed by atoms with Gasteiger partial charge in [-0.25, -0.2) is 0 Å². The molecule has 1 saturated heterocycles. The minimum Gasteiger partial charge on any atom is -0.379 e. The van der Waals surface area contributed by atoms with Gasteiger partial charge in [-0.05, 0) is 18.4 Å². The van der Waals surface area contributed by atoms with Crippen molar-refractivity contribution in [1.82, 2.24) is 0 Å². The third kappa shape index (κ3) is 5.49. The molecule has 0 aliphatic carbocycles. The maximum Gasteiger partial charge on any atom is 0.154 e. The Bertz CT molecular complexity index is 425. The number of amidine groups is 1. The van der Waals surface area contributed by atoms with Gasteiger partial charge in [-0.3, -0.25) is 4.99 Å². The highest BCUT2D eigenvalue weighted by molar-refractivity contribution is 8.13. The minimum absolute atomic E-state index is 0.277. The van der Waals surface area contributed by atoms with Crippen molar-refractivity contribution in [2.24, 2.45) is 10.7 Å². The van der Waals surface area contributed by atoms with Crippen molar-refractivity contribution in [2.75, 3.05) is 18.9 Å². The molecule has 0 amide bonds. The van der Waals surface area contributed by atoms with E-state index in [1.54, 1.807) is 11.8 Å². The summed E-state index contributed by atoms with van der Waals surface area (Å²) < 4.78 is 5.50. The molecule has 0 aromatic heterocycles. The summed E-state index contributed by atoms with van der Waals surface area (Å²) in [6.07, 6.45) is 6.73. The Balaban J connectivity index is 1.67. The van der Waals surface area contributed by atoms with Gasteiger partial charge in [-0.2, -0.15) is 0 Å². The van der Waals surface area contributed by atoms with E-state index in [0.717, 1.165) is 25.2 Å². The fourth-order valence-corrected chi connectivity index (χ4v) is 2.44. The summed E-state index contributed by atoms with van der Waals surface area (Å²) in [5, 5.41) is 0.646. The highest BCUT2D eigenvalue weighted by Gasteiger charge is 2.14. The number of nitrogens with zero attached hydrogens (tertiary/aromatic N) is 1. The standard InChI is InChI=1S/C15H20N2OS/c16-15(17-12-14-9-4-10-18-14)19-11-5-8-13-6-2-1-3-7-13/h1-3,5-8,14H,4,9-12H2,(H2,16,17)/b8-5-/t14-/m0/s1. The molecule has 102 valence electrons. The quantitative estimate of drug-likeness (QED) is 0.664. The summed E-state index contributed by atoms with van der Waals surface area (Å²) in [6, 6.07) is 10.2. The van der Waals surface area contributed by atoms with Crippen LogP contribution in [0.4, 0.5) is 0 Å². The van der Waals surface area contributed by atoms with Crippen LogP contribution in [0.3, 0.4) is 0 Å². The molecule has 0 spiro atoms. The Morgan fingerprint density at radius 2 is 2.26 bits per heavy atom. The highest BCUT2D eigenvalue weighted by atomic mass is 32.2. The van der Waals surface area contributed by atoms with E-state index in [4.69, 9.17) is 10.5 Å². The second-order valence-corrected chi connectivity index (χ2v) is 5.48. The summed E-state index contributed by atoms with van der Waals surface area (Å²) >= 11 is 1.56. The molecule has 1 heterocycles. The first kappa shape index (κ1) is 14.2. The lowest BCUT2D eigenvalue weighted by Crippen LogP contribution is -2.14. The zero-order valence-corrected chi connectivity index (χ0v) is 11.8. The number of nitrogens with two attached hydrogens (primary N) is 1. The predicted octanol–water partition coefficient (Wildman–Crippen LogP) is 2.93.